The molecular weight excluding hydrogens is 98.1 g/mol. The molecule has 1 saturated carbocycles. The fourth-order valence-corrected chi connectivity index (χ4v) is 1.31. The first kappa shape index (κ1) is 4.11. The molecule has 2 rings (SSSR count). The second-order valence-electron chi connectivity index (χ2n) is 2.39. The predicted octanol–water partition coefficient (Wildman–Crippen LogP) is 1.51. The fourth-order valence-electron chi connectivity index (χ4n) is 1.31. The minimum atomic E-state index is 0.674. The highest BCUT2D eigenvalue weighted by Gasteiger charge is 2.34. The van der Waals surface area contributed by atoms with E-state index in [2.05, 4.69) is 11.9 Å². The molecule has 0 radical (unpaired) electrons. The third kappa shape index (κ3) is 0.275. The van der Waals surface area contributed by atoms with Gasteiger partial charge in [-0.05, 0) is 24.8 Å². The Morgan fingerprint density at radius 3 is 2.75 bits per heavy atom. The summed E-state index contributed by atoms with van der Waals surface area (Å²) in [5, 5.41) is 6.78. The smallest absolute Gasteiger partial charge is 0.0200 e. The lowest BCUT2D eigenvalue weighted by molar-refractivity contribution is 0.481. The van der Waals surface area contributed by atoms with Crippen LogP contribution in [0.15, 0.2) is 17.2 Å². The van der Waals surface area contributed by atoms with Crippen LogP contribution in [0, 0.1) is 11.3 Å². The number of fused-ring (bicyclic) bond motifs is 1. The molecule has 0 saturated heterocycles. The third-order valence-electron chi connectivity index (χ3n) is 2.03. The van der Waals surface area contributed by atoms with Gasteiger partial charge in [0.05, 0.1) is 0 Å². The largest absolute Gasteiger partial charge is 0.258 e. The quantitative estimate of drug-likeness (QED) is 0.451. The number of hydrogen-bond donors (Lipinski definition) is 1. The van der Waals surface area contributed by atoms with E-state index in [0.717, 1.165) is 5.57 Å². The summed E-state index contributed by atoms with van der Waals surface area (Å²) in [6.07, 6.45) is 4.63. The van der Waals surface area contributed by atoms with Crippen molar-refractivity contribution in [2.45, 2.75) is 12.8 Å². The zero-order valence-electron chi connectivity index (χ0n) is 4.57. The van der Waals surface area contributed by atoms with Crippen molar-refractivity contribution >= 4 is 5.87 Å². The van der Waals surface area contributed by atoms with E-state index in [1.807, 2.05) is 0 Å². The molecule has 1 fully saturated rings. The topological polar surface area (TPSA) is 23.9 Å². The highest BCUT2D eigenvalue weighted by Crippen LogP contribution is 2.46. The monoisotopic (exact) mass is 105 g/mol. The molecule has 0 bridgehead atoms. The Morgan fingerprint density at radius 1 is 1.75 bits per heavy atom. The summed E-state index contributed by atoms with van der Waals surface area (Å²) in [5.74, 6) is 3.10. The van der Waals surface area contributed by atoms with Crippen molar-refractivity contribution in [3.8, 4) is 0 Å². The normalized spacial score (nSPS) is 31.2. The van der Waals surface area contributed by atoms with Gasteiger partial charge in [0.2, 0.25) is 0 Å². The van der Waals surface area contributed by atoms with Gasteiger partial charge in [-0.3, -0.25) is 5.41 Å². The van der Waals surface area contributed by atoms with Crippen LogP contribution in [0.5, 0.6) is 0 Å². The molecule has 1 atom stereocenters. The predicted molar refractivity (Wildman–Crippen MR) is 32.0 cm³/mol. The van der Waals surface area contributed by atoms with Gasteiger partial charge in [0.1, 0.15) is 0 Å². The van der Waals surface area contributed by atoms with Gasteiger partial charge >= 0.3 is 0 Å². The number of allylic oxidation sites excluding steroid dienone is 3. The summed E-state index contributed by atoms with van der Waals surface area (Å²) in [6.45, 7) is 0. The van der Waals surface area contributed by atoms with Crippen LogP contribution in [0.3, 0.4) is 0 Å². The molecule has 8 heavy (non-hydrogen) atoms. The first-order valence-corrected chi connectivity index (χ1v) is 2.92. The highest BCUT2D eigenvalue weighted by molar-refractivity contribution is 5.68. The van der Waals surface area contributed by atoms with Crippen molar-refractivity contribution in [3.63, 3.8) is 0 Å². The SMILES string of the molecule is N=C=C1C=C2CCC12. The maximum atomic E-state index is 6.78. The molecule has 1 unspecified atom stereocenters. The molecule has 0 aromatic rings. The van der Waals surface area contributed by atoms with Gasteiger partial charge in [0.15, 0.2) is 0 Å². The van der Waals surface area contributed by atoms with Crippen LogP contribution in [0.25, 0.3) is 0 Å². The van der Waals surface area contributed by atoms with Crippen molar-refractivity contribution in [2.24, 2.45) is 5.92 Å². The maximum Gasteiger partial charge on any atom is 0.0200 e. The molecule has 0 aromatic carbocycles. The van der Waals surface area contributed by atoms with E-state index in [0.29, 0.717) is 5.92 Å². The van der Waals surface area contributed by atoms with Gasteiger partial charge < -0.3 is 0 Å². The van der Waals surface area contributed by atoms with Crippen LogP contribution in [0.4, 0.5) is 0 Å². The third-order valence-corrected chi connectivity index (χ3v) is 2.03. The summed E-state index contributed by atoms with van der Waals surface area (Å²) >= 11 is 0. The molecule has 0 heterocycles. The van der Waals surface area contributed by atoms with Crippen LogP contribution in [0.2, 0.25) is 0 Å². The Balaban J connectivity index is 2.41. The Hall–Kier alpha value is -0.810. The number of nitrogens with one attached hydrogen (secondary N) is 1. The molecule has 1 nitrogen and oxygen atoms in total. The van der Waals surface area contributed by atoms with Crippen LogP contribution >= 0.6 is 0 Å². The second kappa shape index (κ2) is 1.12. The molecule has 2 aliphatic rings. The van der Waals surface area contributed by atoms with Gasteiger partial charge in [0, 0.05) is 11.5 Å². The van der Waals surface area contributed by atoms with E-state index in [-0.39, 0.29) is 0 Å². The van der Waals surface area contributed by atoms with Gasteiger partial charge in [-0.2, -0.15) is 0 Å². The first-order chi connectivity index (χ1) is 3.92. The molecule has 0 aliphatic heterocycles. The van der Waals surface area contributed by atoms with E-state index < -0.39 is 0 Å². The zero-order chi connectivity index (χ0) is 5.56. The Kier molecular flexibility index (Phi) is 0.576. The molecule has 0 spiro atoms. The van der Waals surface area contributed by atoms with Crippen LogP contribution in [-0.4, -0.2) is 5.87 Å². The molecule has 1 heteroatoms. The lowest BCUT2D eigenvalue weighted by Gasteiger charge is -2.37. The van der Waals surface area contributed by atoms with E-state index in [9.17, 15) is 0 Å². The summed E-state index contributed by atoms with van der Waals surface area (Å²) < 4.78 is 0. The van der Waals surface area contributed by atoms with Crippen molar-refractivity contribution < 1.29 is 0 Å². The average Bonchev–Trinajstić information content (AvgIpc) is 1.76. The van der Waals surface area contributed by atoms with Gasteiger partial charge in [-0.25, -0.2) is 0 Å². The average molecular weight is 105 g/mol. The maximum absolute atomic E-state index is 6.78. The lowest BCUT2D eigenvalue weighted by Crippen LogP contribution is -2.25. The molecule has 40 valence electrons. The van der Waals surface area contributed by atoms with Crippen LogP contribution < -0.4 is 0 Å². The molecule has 1 N–H and O–H groups in total. The first-order valence-electron chi connectivity index (χ1n) is 2.92. The summed E-state index contributed by atoms with van der Waals surface area (Å²) in [7, 11) is 0. The Morgan fingerprint density at radius 2 is 2.62 bits per heavy atom. The Bertz CT molecular complexity index is 206. The van der Waals surface area contributed by atoms with E-state index in [1.54, 1.807) is 5.57 Å². The lowest BCUT2D eigenvalue weighted by atomic mass is 9.66. The number of rotatable bonds is 0. The Labute approximate surface area is 48.2 Å². The van der Waals surface area contributed by atoms with E-state index in [4.69, 9.17) is 5.41 Å². The van der Waals surface area contributed by atoms with Gasteiger partial charge in [-0.1, -0.05) is 5.57 Å². The highest BCUT2D eigenvalue weighted by atomic mass is 14.4. The minimum Gasteiger partial charge on any atom is -0.258 e. The van der Waals surface area contributed by atoms with Crippen LogP contribution in [0.1, 0.15) is 12.8 Å². The molecule has 0 amide bonds. The summed E-state index contributed by atoms with van der Waals surface area (Å²) in [6, 6.07) is 0. The van der Waals surface area contributed by atoms with E-state index >= 15 is 0 Å². The number of hydrogen-bond acceptors (Lipinski definition) is 1. The zero-order valence-corrected chi connectivity index (χ0v) is 4.57. The van der Waals surface area contributed by atoms with Crippen LogP contribution in [-0.2, 0) is 0 Å². The molecule has 0 aromatic heterocycles. The second-order valence-corrected chi connectivity index (χ2v) is 2.39. The van der Waals surface area contributed by atoms with Crippen molar-refractivity contribution in [2.75, 3.05) is 0 Å². The summed E-state index contributed by atoms with van der Waals surface area (Å²) in [5.41, 5.74) is 2.66. The van der Waals surface area contributed by atoms with Gasteiger partial charge in [-0.15, -0.1) is 0 Å². The van der Waals surface area contributed by atoms with Gasteiger partial charge in [0.25, 0.3) is 0 Å². The van der Waals surface area contributed by atoms with Crippen molar-refractivity contribution in [3.05, 3.63) is 17.2 Å². The molecule has 2 aliphatic carbocycles. The standard InChI is InChI=1S/C7H7N/c8-4-6-3-5-1-2-7(5)6/h3,7-8H,1-2H2. The van der Waals surface area contributed by atoms with Crippen molar-refractivity contribution in [1.29, 1.82) is 5.41 Å². The minimum absolute atomic E-state index is 0.674. The van der Waals surface area contributed by atoms with E-state index in [1.165, 1.54) is 12.8 Å². The fraction of sp³-hybridized carbons (Fsp3) is 0.429. The van der Waals surface area contributed by atoms with Crippen molar-refractivity contribution in [1.82, 2.24) is 0 Å². The summed E-state index contributed by atoms with van der Waals surface area (Å²) in [4.78, 5) is 0. The molecular formula is C7H7N.